The Hall–Kier alpha value is -2.68. The summed E-state index contributed by atoms with van der Waals surface area (Å²) in [4.78, 5) is 20.7. The molecule has 0 saturated heterocycles. The average Bonchev–Trinajstić information content (AvgIpc) is 3.11. The van der Waals surface area contributed by atoms with E-state index in [2.05, 4.69) is 39.1 Å². The zero-order chi connectivity index (χ0) is 16.9. The van der Waals surface area contributed by atoms with Crippen molar-refractivity contribution in [2.24, 2.45) is 15.6 Å². The maximum atomic E-state index is 12.4. The van der Waals surface area contributed by atoms with Crippen molar-refractivity contribution in [3.63, 3.8) is 0 Å². The van der Waals surface area contributed by atoms with Gasteiger partial charge >= 0.3 is 0 Å². The van der Waals surface area contributed by atoms with E-state index in [1.54, 1.807) is 16.9 Å². The van der Waals surface area contributed by atoms with Crippen LogP contribution in [-0.4, -0.2) is 25.4 Å². The van der Waals surface area contributed by atoms with Crippen LogP contribution in [0.4, 0.5) is 16.6 Å². The predicted molar refractivity (Wildman–Crippen MR) is 90.1 cm³/mol. The van der Waals surface area contributed by atoms with Gasteiger partial charge in [0.05, 0.1) is 11.3 Å². The molecule has 0 spiro atoms. The minimum Gasteiger partial charge on any atom is -0.380 e. The van der Waals surface area contributed by atoms with Crippen LogP contribution in [0.2, 0.25) is 0 Å². The van der Waals surface area contributed by atoms with Gasteiger partial charge in [0, 0.05) is 24.2 Å². The lowest BCUT2D eigenvalue weighted by Gasteiger charge is -2.29. The molecule has 0 radical (unpaired) electrons. The summed E-state index contributed by atoms with van der Waals surface area (Å²) in [5, 5.41) is 14.9. The van der Waals surface area contributed by atoms with Gasteiger partial charge in [0.2, 0.25) is 5.13 Å². The molecule has 4 rings (SSSR count). The first kappa shape index (κ1) is 14.9. The van der Waals surface area contributed by atoms with E-state index in [-0.39, 0.29) is 17.0 Å². The number of nitrogens with two attached hydrogens (primary N) is 1. The first-order chi connectivity index (χ1) is 11.4. The highest BCUT2D eigenvalue weighted by molar-refractivity contribution is 7.13. The van der Waals surface area contributed by atoms with E-state index >= 15 is 0 Å². The normalized spacial score (nSPS) is 16.8. The van der Waals surface area contributed by atoms with Crippen LogP contribution in [0.15, 0.2) is 28.0 Å². The predicted octanol–water partition coefficient (Wildman–Crippen LogP) is 3.34. The minimum atomic E-state index is -0.123. The number of Topliss-reactive ketones (excluding diaryl/α,β-unsaturated/α-hetero) is 1. The lowest BCUT2D eigenvalue weighted by atomic mass is 9.76. The maximum absolute atomic E-state index is 12.4. The Kier molecular flexibility index (Phi) is 3.20. The molecule has 122 valence electrons. The quantitative estimate of drug-likeness (QED) is 0.719. The van der Waals surface area contributed by atoms with Crippen molar-refractivity contribution in [1.29, 1.82) is 0 Å². The van der Waals surface area contributed by atoms with E-state index in [0.29, 0.717) is 28.5 Å². The Morgan fingerprint density at radius 1 is 1.29 bits per heavy atom. The molecule has 3 aromatic heterocycles. The van der Waals surface area contributed by atoms with Crippen molar-refractivity contribution in [1.82, 2.24) is 19.6 Å². The fourth-order valence-corrected chi connectivity index (χ4v) is 3.39. The number of fused-ring (bicyclic) bond motifs is 3. The van der Waals surface area contributed by atoms with Crippen LogP contribution in [0.25, 0.3) is 5.65 Å². The van der Waals surface area contributed by atoms with E-state index in [4.69, 9.17) is 5.73 Å². The number of rotatable bonds is 2. The van der Waals surface area contributed by atoms with Gasteiger partial charge in [-0.05, 0) is 11.8 Å². The van der Waals surface area contributed by atoms with Crippen molar-refractivity contribution >= 4 is 39.4 Å². The van der Waals surface area contributed by atoms with E-state index < -0.39 is 0 Å². The monoisotopic (exact) mass is 341 g/mol. The largest absolute Gasteiger partial charge is 0.380 e. The summed E-state index contributed by atoms with van der Waals surface area (Å²) in [5.74, 6) is 0.308. The molecule has 0 unspecified atom stereocenters. The summed E-state index contributed by atoms with van der Waals surface area (Å²) >= 11 is 1.37. The van der Waals surface area contributed by atoms with Gasteiger partial charge in [-0.2, -0.15) is 0 Å². The van der Waals surface area contributed by atoms with E-state index in [9.17, 15) is 4.79 Å². The number of hydrogen-bond acceptors (Lipinski definition) is 8. The topological polar surface area (TPSA) is 111 Å². The van der Waals surface area contributed by atoms with Crippen molar-refractivity contribution in [3.05, 3.63) is 29.0 Å². The third-order valence-corrected chi connectivity index (χ3v) is 4.64. The average molecular weight is 341 g/mol. The van der Waals surface area contributed by atoms with E-state index in [0.717, 1.165) is 12.1 Å². The number of azo groups is 1. The molecule has 0 aromatic carbocycles. The van der Waals surface area contributed by atoms with Gasteiger partial charge in [-0.1, -0.05) is 13.8 Å². The molecule has 1 aliphatic carbocycles. The van der Waals surface area contributed by atoms with E-state index in [1.165, 1.54) is 11.3 Å². The second-order valence-corrected chi connectivity index (χ2v) is 7.42. The Balaban J connectivity index is 1.87. The molecule has 0 fully saturated rings. The van der Waals surface area contributed by atoms with Gasteiger partial charge < -0.3 is 5.73 Å². The minimum absolute atomic E-state index is 0.0793. The van der Waals surface area contributed by atoms with Crippen molar-refractivity contribution in [3.8, 4) is 0 Å². The maximum Gasteiger partial charge on any atom is 0.229 e. The molecule has 0 bridgehead atoms. The third kappa shape index (κ3) is 2.37. The van der Waals surface area contributed by atoms with Crippen molar-refractivity contribution in [2.45, 2.75) is 26.7 Å². The first-order valence-corrected chi connectivity index (χ1v) is 8.33. The molecular formula is C15H15N7OS. The summed E-state index contributed by atoms with van der Waals surface area (Å²) in [6.45, 7) is 4.13. The molecule has 9 heteroatoms. The lowest BCUT2D eigenvalue weighted by Crippen LogP contribution is -2.29. The molecule has 3 heterocycles. The van der Waals surface area contributed by atoms with Gasteiger partial charge in [-0.15, -0.1) is 26.7 Å². The van der Waals surface area contributed by atoms with Crippen LogP contribution >= 0.6 is 11.3 Å². The zero-order valence-electron chi connectivity index (χ0n) is 13.2. The van der Waals surface area contributed by atoms with Crippen molar-refractivity contribution in [2.75, 3.05) is 5.73 Å². The molecule has 24 heavy (non-hydrogen) atoms. The van der Waals surface area contributed by atoms with Crippen molar-refractivity contribution < 1.29 is 4.79 Å². The van der Waals surface area contributed by atoms with Crippen LogP contribution in [0, 0.1) is 5.41 Å². The molecule has 0 amide bonds. The number of carbonyl (C=O) groups excluding carboxylic acids is 1. The Bertz CT molecular complexity index is 972. The Morgan fingerprint density at radius 3 is 2.88 bits per heavy atom. The Morgan fingerprint density at radius 2 is 2.12 bits per heavy atom. The molecule has 8 nitrogen and oxygen atoms in total. The van der Waals surface area contributed by atoms with Gasteiger partial charge in [0.15, 0.2) is 22.9 Å². The highest BCUT2D eigenvalue weighted by Crippen LogP contribution is 2.37. The molecule has 1 aliphatic rings. The Labute approximate surface area is 141 Å². The second-order valence-electron chi connectivity index (χ2n) is 6.54. The van der Waals surface area contributed by atoms with Crippen LogP contribution < -0.4 is 5.73 Å². The third-order valence-electron chi connectivity index (χ3n) is 3.99. The number of nitrogens with zero attached hydrogens (tertiary/aromatic N) is 6. The highest BCUT2D eigenvalue weighted by atomic mass is 32.1. The van der Waals surface area contributed by atoms with Gasteiger partial charge in [-0.25, -0.2) is 14.5 Å². The number of ketones is 1. The lowest BCUT2D eigenvalue weighted by molar-refractivity contribution is 0.0908. The summed E-state index contributed by atoms with van der Waals surface area (Å²) < 4.78 is 1.62. The van der Waals surface area contributed by atoms with E-state index in [1.807, 2.05) is 5.38 Å². The zero-order valence-corrected chi connectivity index (χ0v) is 14.0. The number of thiazole rings is 1. The molecule has 0 atom stereocenters. The number of anilines is 1. The molecule has 0 saturated carbocycles. The van der Waals surface area contributed by atoms with Gasteiger partial charge in [0.1, 0.15) is 0 Å². The highest BCUT2D eigenvalue weighted by Gasteiger charge is 2.33. The summed E-state index contributed by atoms with van der Waals surface area (Å²) in [6, 6.07) is 0. The molecular weight excluding hydrogens is 326 g/mol. The van der Waals surface area contributed by atoms with Crippen LogP contribution in [0.1, 0.15) is 36.3 Å². The standard InChI is InChI=1S/C15H15N7OS/c1-15(2)5-9-8(10(23)6-15)7-18-13-11(12(16)21-22(9)13)19-20-14-17-3-4-24-14/h3-4,7H,5-6H2,1-2H3,(H2,16,21). The van der Waals surface area contributed by atoms with Gasteiger partial charge in [-0.3, -0.25) is 4.79 Å². The molecule has 2 N–H and O–H groups in total. The summed E-state index contributed by atoms with van der Waals surface area (Å²) in [6.07, 6.45) is 4.46. The summed E-state index contributed by atoms with van der Waals surface area (Å²) in [5.41, 5.74) is 8.19. The number of nitrogen functional groups attached to an aromatic ring is 1. The van der Waals surface area contributed by atoms with Crippen LogP contribution in [0.3, 0.4) is 0 Å². The smallest absolute Gasteiger partial charge is 0.229 e. The van der Waals surface area contributed by atoms with Crippen LogP contribution in [0.5, 0.6) is 0 Å². The SMILES string of the molecule is CC1(C)CC(=O)c2cnc3c(N=Nc4nccs4)c(N)nn3c2C1. The van der Waals surface area contributed by atoms with Gasteiger partial charge in [0.25, 0.3) is 0 Å². The number of hydrogen-bond donors (Lipinski definition) is 1. The molecule has 0 aliphatic heterocycles. The number of carbonyl (C=O) groups is 1. The molecule has 3 aromatic rings. The van der Waals surface area contributed by atoms with Crippen LogP contribution in [-0.2, 0) is 6.42 Å². The fraction of sp³-hybridized carbons (Fsp3) is 0.333. The number of aromatic nitrogens is 4. The fourth-order valence-electron chi connectivity index (χ4n) is 2.94. The summed E-state index contributed by atoms with van der Waals surface area (Å²) in [7, 11) is 0. The first-order valence-electron chi connectivity index (χ1n) is 7.45. The second kappa shape index (κ2) is 5.17.